The third-order valence-electron chi connectivity index (χ3n) is 2.90. The van der Waals surface area contributed by atoms with E-state index in [0.717, 1.165) is 0 Å². The van der Waals surface area contributed by atoms with E-state index < -0.39 is 10.0 Å². The van der Waals surface area contributed by atoms with Crippen LogP contribution in [0.5, 0.6) is 0 Å². The average Bonchev–Trinajstić information content (AvgIpc) is 2.49. The van der Waals surface area contributed by atoms with Gasteiger partial charge in [0.2, 0.25) is 15.9 Å². The van der Waals surface area contributed by atoms with Crippen molar-refractivity contribution in [1.29, 1.82) is 0 Å². The van der Waals surface area contributed by atoms with Crippen LogP contribution < -0.4 is 10.0 Å². The average molecular weight is 373 g/mol. The number of carbonyl (C=O) groups excluding carboxylic acids is 1. The number of nitrogens with one attached hydrogen (secondary N) is 2. The van der Waals surface area contributed by atoms with E-state index in [1.807, 2.05) is 0 Å². The number of rotatable bonds is 6. The van der Waals surface area contributed by atoms with Crippen LogP contribution in [-0.4, -0.2) is 20.9 Å². The summed E-state index contributed by atoms with van der Waals surface area (Å²) in [5.74, 6) is -0.341. The highest BCUT2D eigenvalue weighted by Gasteiger charge is 2.14. The summed E-state index contributed by atoms with van der Waals surface area (Å²) in [6.45, 7) is -0.0366. The standard InChI is InChI=1S/C15H14Cl2N2O3S/c16-11-4-3-5-12(10-11)23(21,22)18-9-8-15(20)19-14-7-2-1-6-13(14)17/h1-7,10,18H,8-9H2,(H,19,20). The van der Waals surface area contributed by atoms with E-state index in [1.165, 1.54) is 12.1 Å². The molecule has 8 heteroatoms. The highest BCUT2D eigenvalue weighted by Crippen LogP contribution is 2.20. The van der Waals surface area contributed by atoms with Gasteiger partial charge in [0, 0.05) is 18.0 Å². The Kier molecular flexibility index (Phi) is 6.01. The maximum Gasteiger partial charge on any atom is 0.240 e. The van der Waals surface area contributed by atoms with Crippen LogP contribution in [0.3, 0.4) is 0 Å². The molecule has 0 radical (unpaired) electrons. The number of hydrogen-bond acceptors (Lipinski definition) is 3. The van der Waals surface area contributed by atoms with E-state index in [2.05, 4.69) is 10.0 Å². The number of para-hydroxylation sites is 1. The fraction of sp³-hybridized carbons (Fsp3) is 0.133. The van der Waals surface area contributed by atoms with Crippen LogP contribution in [0.1, 0.15) is 6.42 Å². The molecule has 0 aromatic heterocycles. The van der Waals surface area contributed by atoms with E-state index in [9.17, 15) is 13.2 Å². The summed E-state index contributed by atoms with van der Waals surface area (Å²) in [6, 6.07) is 12.7. The van der Waals surface area contributed by atoms with Crippen LogP contribution in [0, 0.1) is 0 Å². The van der Waals surface area contributed by atoms with Crippen LogP contribution in [0.4, 0.5) is 5.69 Å². The summed E-state index contributed by atoms with van der Waals surface area (Å²) in [4.78, 5) is 11.9. The lowest BCUT2D eigenvalue weighted by Gasteiger charge is -2.08. The van der Waals surface area contributed by atoms with Gasteiger partial charge in [-0.2, -0.15) is 0 Å². The molecule has 0 heterocycles. The second-order valence-corrected chi connectivity index (χ2v) is 7.24. The maximum atomic E-state index is 12.1. The smallest absolute Gasteiger partial charge is 0.240 e. The lowest BCUT2D eigenvalue weighted by molar-refractivity contribution is -0.116. The molecule has 0 fully saturated rings. The Morgan fingerprint density at radius 1 is 1.04 bits per heavy atom. The van der Waals surface area contributed by atoms with Gasteiger partial charge in [0.15, 0.2) is 0 Å². The van der Waals surface area contributed by atoms with Crippen LogP contribution in [-0.2, 0) is 14.8 Å². The predicted octanol–water partition coefficient (Wildman–Crippen LogP) is 3.30. The first kappa shape index (κ1) is 17.7. The van der Waals surface area contributed by atoms with Gasteiger partial charge < -0.3 is 5.32 Å². The fourth-order valence-electron chi connectivity index (χ4n) is 1.79. The predicted molar refractivity (Wildman–Crippen MR) is 91.3 cm³/mol. The minimum atomic E-state index is -3.70. The Bertz CT molecular complexity index is 810. The van der Waals surface area contributed by atoms with Crippen molar-refractivity contribution >= 4 is 44.8 Å². The van der Waals surface area contributed by atoms with Gasteiger partial charge in [-0.05, 0) is 30.3 Å². The largest absolute Gasteiger partial charge is 0.325 e. The first-order chi connectivity index (χ1) is 10.9. The lowest BCUT2D eigenvalue weighted by Crippen LogP contribution is -2.27. The van der Waals surface area contributed by atoms with Crippen LogP contribution in [0.25, 0.3) is 0 Å². The molecule has 0 aliphatic rings. The molecular formula is C15H14Cl2N2O3S. The second kappa shape index (κ2) is 7.79. The third kappa shape index (κ3) is 5.21. The molecule has 5 nitrogen and oxygen atoms in total. The number of benzene rings is 2. The monoisotopic (exact) mass is 372 g/mol. The zero-order chi connectivity index (χ0) is 16.9. The molecule has 0 spiro atoms. The van der Waals surface area contributed by atoms with E-state index in [4.69, 9.17) is 23.2 Å². The number of amides is 1. The molecule has 2 aromatic rings. The molecule has 0 unspecified atom stereocenters. The van der Waals surface area contributed by atoms with E-state index in [1.54, 1.807) is 36.4 Å². The van der Waals surface area contributed by atoms with Crippen molar-refractivity contribution in [2.75, 3.05) is 11.9 Å². The van der Waals surface area contributed by atoms with Crippen molar-refractivity contribution in [3.8, 4) is 0 Å². The van der Waals surface area contributed by atoms with E-state index >= 15 is 0 Å². The summed E-state index contributed by atoms with van der Waals surface area (Å²) < 4.78 is 26.5. The zero-order valence-electron chi connectivity index (χ0n) is 11.9. The molecule has 0 saturated carbocycles. The zero-order valence-corrected chi connectivity index (χ0v) is 14.3. The van der Waals surface area contributed by atoms with Crippen molar-refractivity contribution in [2.45, 2.75) is 11.3 Å². The highest BCUT2D eigenvalue weighted by molar-refractivity contribution is 7.89. The summed E-state index contributed by atoms with van der Waals surface area (Å²) >= 11 is 11.7. The van der Waals surface area contributed by atoms with Crippen LogP contribution in [0.2, 0.25) is 10.0 Å². The minimum absolute atomic E-state index is 0.0228. The van der Waals surface area contributed by atoms with Crippen molar-refractivity contribution in [3.63, 3.8) is 0 Å². The van der Waals surface area contributed by atoms with Crippen LogP contribution in [0.15, 0.2) is 53.4 Å². The normalized spacial score (nSPS) is 11.2. The van der Waals surface area contributed by atoms with Gasteiger partial charge in [0.05, 0.1) is 15.6 Å². The van der Waals surface area contributed by atoms with Crippen molar-refractivity contribution in [2.24, 2.45) is 0 Å². The SMILES string of the molecule is O=C(CCNS(=O)(=O)c1cccc(Cl)c1)Nc1ccccc1Cl. The molecule has 2 N–H and O–H groups in total. The summed E-state index contributed by atoms with van der Waals surface area (Å²) in [5, 5.41) is 3.36. The Labute approximate surface area is 144 Å². The molecule has 0 bridgehead atoms. The molecule has 0 saturated heterocycles. The maximum absolute atomic E-state index is 12.1. The summed E-state index contributed by atoms with van der Waals surface area (Å²) in [7, 11) is -3.70. The first-order valence-electron chi connectivity index (χ1n) is 6.68. The number of carbonyl (C=O) groups is 1. The van der Waals surface area contributed by atoms with Crippen molar-refractivity contribution in [1.82, 2.24) is 4.72 Å². The second-order valence-electron chi connectivity index (χ2n) is 4.63. The molecule has 0 atom stereocenters. The molecule has 2 rings (SSSR count). The number of anilines is 1. The highest BCUT2D eigenvalue weighted by atomic mass is 35.5. The summed E-state index contributed by atoms with van der Waals surface area (Å²) in [6.07, 6.45) is -0.0228. The molecule has 0 aliphatic carbocycles. The van der Waals surface area contributed by atoms with Gasteiger partial charge in [-0.25, -0.2) is 13.1 Å². The molecule has 23 heavy (non-hydrogen) atoms. The molecule has 1 amide bonds. The first-order valence-corrected chi connectivity index (χ1v) is 8.92. The van der Waals surface area contributed by atoms with Gasteiger partial charge in [0.1, 0.15) is 0 Å². The molecule has 122 valence electrons. The molecule has 0 aliphatic heterocycles. The Hall–Kier alpha value is -1.60. The molecular weight excluding hydrogens is 359 g/mol. The fourth-order valence-corrected chi connectivity index (χ4v) is 3.31. The minimum Gasteiger partial charge on any atom is -0.325 e. The van der Waals surface area contributed by atoms with Gasteiger partial charge in [-0.3, -0.25) is 4.79 Å². The van der Waals surface area contributed by atoms with Crippen LogP contribution >= 0.6 is 23.2 Å². The Morgan fingerprint density at radius 3 is 2.48 bits per heavy atom. The third-order valence-corrected chi connectivity index (χ3v) is 4.92. The van der Waals surface area contributed by atoms with Gasteiger partial charge in [0.25, 0.3) is 0 Å². The Morgan fingerprint density at radius 2 is 1.78 bits per heavy atom. The van der Waals surface area contributed by atoms with Gasteiger partial charge in [-0.1, -0.05) is 41.4 Å². The van der Waals surface area contributed by atoms with Gasteiger partial charge >= 0.3 is 0 Å². The lowest BCUT2D eigenvalue weighted by atomic mass is 10.3. The van der Waals surface area contributed by atoms with E-state index in [0.29, 0.717) is 15.7 Å². The van der Waals surface area contributed by atoms with Crippen molar-refractivity contribution in [3.05, 3.63) is 58.6 Å². The number of sulfonamides is 1. The summed E-state index contributed by atoms with van der Waals surface area (Å²) in [5.41, 5.74) is 0.483. The topological polar surface area (TPSA) is 75.3 Å². The van der Waals surface area contributed by atoms with Gasteiger partial charge in [-0.15, -0.1) is 0 Å². The number of halogens is 2. The Balaban J connectivity index is 1.89. The quantitative estimate of drug-likeness (QED) is 0.816. The number of hydrogen-bond donors (Lipinski definition) is 2. The molecule has 2 aromatic carbocycles. The van der Waals surface area contributed by atoms with E-state index in [-0.39, 0.29) is 23.8 Å². The van der Waals surface area contributed by atoms with Crippen molar-refractivity contribution < 1.29 is 13.2 Å².